The predicted octanol–water partition coefficient (Wildman–Crippen LogP) is 2.98. The highest BCUT2D eigenvalue weighted by molar-refractivity contribution is 6.04. The van der Waals surface area contributed by atoms with Gasteiger partial charge in [0.25, 0.3) is 5.56 Å². The Morgan fingerprint density at radius 3 is 2.53 bits per heavy atom. The molecule has 0 aliphatic carbocycles. The second-order valence-corrected chi connectivity index (χ2v) is 9.91. The van der Waals surface area contributed by atoms with Gasteiger partial charge in [0.15, 0.2) is 5.82 Å². The van der Waals surface area contributed by atoms with E-state index in [9.17, 15) is 19.5 Å². The maximum absolute atomic E-state index is 13.3. The molecule has 13 nitrogen and oxygen atoms in total. The zero-order valence-corrected chi connectivity index (χ0v) is 23.6. The van der Waals surface area contributed by atoms with Crippen molar-refractivity contribution in [3.05, 3.63) is 100 Å². The number of pyridine rings is 1. The third kappa shape index (κ3) is 8.39. The van der Waals surface area contributed by atoms with Gasteiger partial charge in [-0.3, -0.25) is 29.9 Å². The van der Waals surface area contributed by atoms with E-state index in [1.807, 2.05) is 13.8 Å². The average molecular weight is 585 g/mol. The summed E-state index contributed by atoms with van der Waals surface area (Å²) >= 11 is 0. The van der Waals surface area contributed by atoms with E-state index in [1.165, 1.54) is 22.9 Å². The largest absolute Gasteiger partial charge is 0.508 e. The smallest absolute Gasteiger partial charge is 0.413 e. The molecule has 2 heterocycles. The zero-order chi connectivity index (χ0) is 30.9. The molecule has 222 valence electrons. The number of alkyl carbamates (subject to hydrolysis) is 1. The minimum Gasteiger partial charge on any atom is -0.508 e. The molecule has 2 aromatic heterocycles. The van der Waals surface area contributed by atoms with Crippen LogP contribution in [0.3, 0.4) is 0 Å². The summed E-state index contributed by atoms with van der Waals surface area (Å²) in [5.41, 5.74) is 8.30. The van der Waals surface area contributed by atoms with Gasteiger partial charge in [-0.1, -0.05) is 30.3 Å². The van der Waals surface area contributed by atoms with Crippen molar-refractivity contribution in [2.45, 2.75) is 39.6 Å². The van der Waals surface area contributed by atoms with Crippen LogP contribution in [0.1, 0.15) is 30.5 Å². The van der Waals surface area contributed by atoms with E-state index in [2.05, 4.69) is 25.9 Å². The van der Waals surface area contributed by atoms with Crippen molar-refractivity contribution in [2.24, 2.45) is 0 Å². The van der Waals surface area contributed by atoms with Crippen LogP contribution in [0.15, 0.2) is 78.0 Å². The number of ether oxygens (including phenoxy) is 1. The van der Waals surface area contributed by atoms with Crippen molar-refractivity contribution < 1.29 is 19.4 Å². The molecule has 4 aromatic rings. The first-order valence-corrected chi connectivity index (χ1v) is 13.3. The predicted molar refractivity (Wildman–Crippen MR) is 161 cm³/mol. The highest BCUT2D eigenvalue weighted by Gasteiger charge is 2.17. The van der Waals surface area contributed by atoms with E-state index in [0.717, 1.165) is 11.1 Å². The van der Waals surface area contributed by atoms with Crippen molar-refractivity contribution >= 4 is 29.3 Å². The Labute approximate surface area is 247 Å². The van der Waals surface area contributed by atoms with Crippen molar-refractivity contribution in [3.63, 3.8) is 0 Å². The maximum Gasteiger partial charge on any atom is 0.413 e. The highest BCUT2D eigenvalue weighted by Crippen LogP contribution is 2.26. The van der Waals surface area contributed by atoms with Crippen LogP contribution in [0.25, 0.3) is 11.3 Å². The molecule has 2 aromatic carbocycles. The minimum absolute atomic E-state index is 0.0239. The van der Waals surface area contributed by atoms with Crippen LogP contribution >= 0.6 is 0 Å². The van der Waals surface area contributed by atoms with Crippen molar-refractivity contribution in [1.29, 1.82) is 5.41 Å². The number of amidine groups is 1. The number of aromatic nitrogens is 3. The molecular formula is C30H32N8O5. The summed E-state index contributed by atoms with van der Waals surface area (Å²) in [4.78, 5) is 46.5. The van der Waals surface area contributed by atoms with Crippen LogP contribution in [0.4, 0.5) is 16.3 Å². The Morgan fingerprint density at radius 2 is 1.86 bits per heavy atom. The fraction of sp³-hybridized carbons (Fsp3) is 0.200. The monoisotopic (exact) mass is 584 g/mol. The van der Waals surface area contributed by atoms with E-state index in [-0.39, 0.29) is 48.8 Å². The van der Waals surface area contributed by atoms with Gasteiger partial charge in [-0.2, -0.15) is 0 Å². The third-order valence-corrected chi connectivity index (χ3v) is 6.07. The molecular weight excluding hydrogens is 552 g/mol. The van der Waals surface area contributed by atoms with Gasteiger partial charge in [0.1, 0.15) is 24.7 Å². The second-order valence-electron chi connectivity index (χ2n) is 9.91. The Balaban J connectivity index is 1.39. The molecule has 0 radical (unpaired) electrons. The van der Waals surface area contributed by atoms with E-state index >= 15 is 0 Å². The van der Waals surface area contributed by atoms with Crippen molar-refractivity contribution in [3.8, 4) is 17.0 Å². The lowest BCUT2D eigenvalue weighted by Gasteiger charge is -2.16. The SMILES string of the molecule is CC(C)Nc1ncc(-c2cc(N)cc(O)c2)n(CC(=O)NCc2ccc(C(=N)NC(=O)OCc3cccnc3)cc2)c1=O. The normalized spacial score (nSPS) is 10.7. The van der Waals surface area contributed by atoms with Gasteiger partial charge in [0, 0.05) is 53.4 Å². The summed E-state index contributed by atoms with van der Waals surface area (Å²) < 4.78 is 6.38. The topological polar surface area (TPSA) is 197 Å². The molecule has 0 bridgehead atoms. The van der Waals surface area contributed by atoms with Gasteiger partial charge < -0.3 is 26.2 Å². The highest BCUT2D eigenvalue weighted by atomic mass is 16.5. The van der Waals surface area contributed by atoms with Crippen LogP contribution in [-0.4, -0.2) is 43.5 Å². The molecule has 0 spiro atoms. The first-order chi connectivity index (χ1) is 20.6. The lowest BCUT2D eigenvalue weighted by Crippen LogP contribution is -2.35. The first-order valence-electron chi connectivity index (χ1n) is 13.3. The number of anilines is 2. The summed E-state index contributed by atoms with van der Waals surface area (Å²) in [7, 11) is 0. The van der Waals surface area contributed by atoms with Crippen molar-refractivity contribution in [1.82, 2.24) is 25.2 Å². The number of carbonyl (C=O) groups excluding carboxylic acids is 2. The van der Waals surface area contributed by atoms with Gasteiger partial charge in [-0.15, -0.1) is 0 Å². The number of rotatable bonds is 10. The van der Waals surface area contributed by atoms with E-state index < -0.39 is 17.6 Å². The van der Waals surface area contributed by atoms with Gasteiger partial charge in [0.2, 0.25) is 5.91 Å². The number of nitrogens with two attached hydrogens (primary N) is 1. The van der Waals surface area contributed by atoms with Crippen LogP contribution in [0.2, 0.25) is 0 Å². The van der Waals surface area contributed by atoms with Crippen LogP contribution in [-0.2, 0) is 29.2 Å². The third-order valence-electron chi connectivity index (χ3n) is 6.07. The summed E-state index contributed by atoms with van der Waals surface area (Å²) in [6.07, 6.45) is 3.88. The van der Waals surface area contributed by atoms with Crippen LogP contribution in [0.5, 0.6) is 5.75 Å². The van der Waals surface area contributed by atoms with E-state index in [4.69, 9.17) is 15.9 Å². The Bertz CT molecular complexity index is 1650. The van der Waals surface area contributed by atoms with Gasteiger partial charge >= 0.3 is 6.09 Å². The molecule has 2 amide bonds. The molecule has 13 heteroatoms. The average Bonchev–Trinajstić information content (AvgIpc) is 2.97. The first kappa shape index (κ1) is 30.2. The van der Waals surface area contributed by atoms with Crippen LogP contribution < -0.4 is 27.2 Å². The number of hydrogen-bond acceptors (Lipinski definition) is 10. The number of phenolic OH excluding ortho intramolecular Hbond substituents is 1. The Kier molecular flexibility index (Phi) is 9.68. The van der Waals surface area contributed by atoms with Crippen LogP contribution in [0, 0.1) is 5.41 Å². The number of nitrogens with one attached hydrogen (secondary N) is 4. The number of amides is 2. The van der Waals surface area contributed by atoms with E-state index in [1.54, 1.807) is 54.9 Å². The number of nitrogens with zero attached hydrogens (tertiary/aromatic N) is 3. The number of nitrogen functional groups attached to an aromatic ring is 1. The standard InChI is InChI=1S/C30H32N8O5/c1-18(2)36-28-29(41)38(25(15-35-28)22-10-23(31)12-24(39)11-22)16-26(40)34-14-19-5-7-21(8-6-19)27(32)37-30(42)43-17-20-4-3-9-33-13-20/h3-13,15,18,39H,14,16-17,31H2,1-2H3,(H,34,40)(H,35,36)(H2,32,37,42). The number of benzene rings is 2. The lowest BCUT2D eigenvalue weighted by molar-refractivity contribution is -0.121. The van der Waals surface area contributed by atoms with Crippen molar-refractivity contribution in [2.75, 3.05) is 11.1 Å². The fourth-order valence-corrected chi connectivity index (χ4v) is 4.06. The molecule has 0 unspecified atom stereocenters. The van der Waals surface area contributed by atoms with Gasteiger partial charge in [-0.25, -0.2) is 9.78 Å². The molecule has 0 aliphatic heterocycles. The molecule has 0 aliphatic rings. The summed E-state index contributed by atoms with van der Waals surface area (Å²) in [6.45, 7) is 3.59. The van der Waals surface area contributed by atoms with Gasteiger partial charge in [0.05, 0.1) is 11.9 Å². The molecule has 0 fully saturated rings. The quantitative estimate of drug-likeness (QED) is 0.0922. The molecule has 4 rings (SSSR count). The molecule has 0 atom stereocenters. The maximum atomic E-state index is 13.3. The summed E-state index contributed by atoms with van der Waals surface area (Å²) in [6, 6.07) is 14.5. The molecule has 7 N–H and O–H groups in total. The number of carbonyl (C=O) groups is 2. The molecule has 0 saturated carbocycles. The number of hydrogen-bond donors (Lipinski definition) is 6. The lowest BCUT2D eigenvalue weighted by atomic mass is 10.1. The molecule has 43 heavy (non-hydrogen) atoms. The zero-order valence-electron chi connectivity index (χ0n) is 23.6. The van der Waals surface area contributed by atoms with E-state index in [0.29, 0.717) is 16.8 Å². The summed E-state index contributed by atoms with van der Waals surface area (Å²) in [5, 5.41) is 26.3. The Hall–Kier alpha value is -5.72. The molecule has 0 saturated heterocycles. The fourth-order valence-electron chi connectivity index (χ4n) is 4.06. The Morgan fingerprint density at radius 1 is 1.09 bits per heavy atom. The van der Waals surface area contributed by atoms with Gasteiger partial charge in [-0.05, 0) is 37.6 Å². The second kappa shape index (κ2) is 13.8. The number of aromatic hydroxyl groups is 1. The number of phenols is 1. The minimum atomic E-state index is -0.768. The summed E-state index contributed by atoms with van der Waals surface area (Å²) in [5.74, 6) is -0.578.